The second kappa shape index (κ2) is 11.5. The lowest BCUT2D eigenvalue weighted by atomic mass is 10.1. The molecule has 0 saturated carbocycles. The Bertz CT molecular complexity index is 1460. The van der Waals surface area contributed by atoms with Crippen LogP contribution in [0.1, 0.15) is 72.9 Å². The number of hydrogen-bond donors (Lipinski definition) is 0. The zero-order valence-electron chi connectivity index (χ0n) is 22.0. The molecule has 1 aromatic heterocycles. The van der Waals surface area contributed by atoms with Gasteiger partial charge in [0.15, 0.2) is 0 Å². The van der Waals surface area contributed by atoms with Crippen LogP contribution in [0.5, 0.6) is 0 Å². The van der Waals surface area contributed by atoms with E-state index in [0.29, 0.717) is 28.8 Å². The van der Waals surface area contributed by atoms with E-state index in [0.717, 1.165) is 42.5 Å². The Hall–Kier alpha value is -3.80. The minimum Gasteiger partial charge on any atom is -0.329 e. The first-order valence-corrected chi connectivity index (χ1v) is 13.0. The molecule has 0 aliphatic rings. The average Bonchev–Trinajstić information content (AvgIpc) is 2.90. The Balaban J connectivity index is 1.88. The van der Waals surface area contributed by atoms with E-state index in [4.69, 9.17) is 4.98 Å². The van der Waals surface area contributed by atoms with Crippen LogP contribution in [0.15, 0.2) is 71.5 Å². The fourth-order valence-electron chi connectivity index (χ4n) is 4.70. The molecule has 0 aliphatic heterocycles. The van der Waals surface area contributed by atoms with Crippen molar-refractivity contribution in [2.45, 2.75) is 59.4 Å². The third-order valence-corrected chi connectivity index (χ3v) is 6.85. The summed E-state index contributed by atoms with van der Waals surface area (Å²) in [6.07, 6.45) is 3.98. The summed E-state index contributed by atoms with van der Waals surface area (Å²) < 4.78 is 15.3. The number of carbonyl (C=O) groups excluding carboxylic acids is 1. The zero-order valence-corrected chi connectivity index (χ0v) is 22.0. The molecule has 0 radical (unpaired) electrons. The SMILES string of the molecule is CCCCCCN(C(=O)c1ccc(F)cc1)C(C)c1nc2ccccc2c(=O)n1-c1cc(C)ccc1C. The van der Waals surface area contributed by atoms with Gasteiger partial charge in [0.05, 0.1) is 22.6 Å². The van der Waals surface area contributed by atoms with Crippen molar-refractivity contribution in [1.82, 2.24) is 14.5 Å². The van der Waals surface area contributed by atoms with Gasteiger partial charge in [-0.05, 0) is 80.8 Å². The molecule has 1 unspecified atom stereocenters. The van der Waals surface area contributed by atoms with Gasteiger partial charge in [-0.2, -0.15) is 0 Å². The van der Waals surface area contributed by atoms with Crippen LogP contribution < -0.4 is 5.56 Å². The topological polar surface area (TPSA) is 55.2 Å². The summed E-state index contributed by atoms with van der Waals surface area (Å²) in [4.78, 5) is 34.3. The number of hydrogen-bond acceptors (Lipinski definition) is 3. The van der Waals surface area contributed by atoms with Gasteiger partial charge in [0.2, 0.25) is 0 Å². The molecule has 0 bridgehead atoms. The molecule has 6 heteroatoms. The number of amides is 1. The van der Waals surface area contributed by atoms with Crippen molar-refractivity contribution < 1.29 is 9.18 Å². The third kappa shape index (κ3) is 5.63. The van der Waals surface area contributed by atoms with Crippen molar-refractivity contribution in [3.05, 3.63) is 105 Å². The van der Waals surface area contributed by atoms with Crippen LogP contribution in [0.2, 0.25) is 0 Å². The molecular formula is C31H34FN3O2. The number of para-hydroxylation sites is 1. The van der Waals surface area contributed by atoms with Crippen molar-refractivity contribution in [2.75, 3.05) is 6.54 Å². The van der Waals surface area contributed by atoms with Gasteiger partial charge >= 0.3 is 0 Å². The van der Waals surface area contributed by atoms with Gasteiger partial charge in [-0.15, -0.1) is 0 Å². The molecule has 37 heavy (non-hydrogen) atoms. The van der Waals surface area contributed by atoms with E-state index in [-0.39, 0.29) is 17.3 Å². The monoisotopic (exact) mass is 499 g/mol. The molecule has 0 spiro atoms. The third-order valence-electron chi connectivity index (χ3n) is 6.85. The van der Waals surface area contributed by atoms with E-state index in [1.807, 2.05) is 57.2 Å². The van der Waals surface area contributed by atoms with Crippen molar-refractivity contribution in [3.8, 4) is 5.69 Å². The summed E-state index contributed by atoms with van der Waals surface area (Å²) in [6.45, 7) is 8.53. The lowest BCUT2D eigenvalue weighted by Gasteiger charge is -2.31. The Kier molecular flexibility index (Phi) is 8.17. The predicted octanol–water partition coefficient (Wildman–Crippen LogP) is 6.93. The molecule has 0 aliphatic carbocycles. The molecule has 0 N–H and O–H groups in total. The Morgan fingerprint density at radius 2 is 1.73 bits per heavy atom. The number of carbonyl (C=O) groups is 1. The maximum absolute atomic E-state index is 13.9. The van der Waals surface area contributed by atoms with Crippen LogP contribution >= 0.6 is 0 Å². The number of unbranched alkanes of at least 4 members (excludes halogenated alkanes) is 3. The largest absolute Gasteiger partial charge is 0.329 e. The first kappa shape index (κ1) is 26.3. The lowest BCUT2D eigenvalue weighted by Crippen LogP contribution is -2.38. The molecule has 0 fully saturated rings. The molecule has 1 atom stereocenters. The molecule has 3 aromatic carbocycles. The number of aromatic nitrogens is 2. The fraction of sp³-hybridized carbons (Fsp3) is 0.323. The predicted molar refractivity (Wildman–Crippen MR) is 147 cm³/mol. The van der Waals surface area contributed by atoms with Crippen LogP contribution in [-0.4, -0.2) is 26.9 Å². The average molecular weight is 500 g/mol. The van der Waals surface area contributed by atoms with Crippen LogP contribution in [0.3, 0.4) is 0 Å². The second-order valence-electron chi connectivity index (χ2n) is 9.66. The smallest absolute Gasteiger partial charge is 0.266 e. The van der Waals surface area contributed by atoms with Crippen molar-refractivity contribution in [2.24, 2.45) is 0 Å². The molecule has 1 amide bonds. The number of nitrogens with zero attached hydrogens (tertiary/aromatic N) is 3. The standard InChI is InChI=1S/C31H34FN3O2/c1-5-6-7-10-19-34(30(36)24-15-17-25(32)18-16-24)23(4)29-33-27-12-9-8-11-26(27)31(37)35(29)28-20-21(2)13-14-22(28)3/h8-9,11-18,20,23H,5-7,10,19H2,1-4H3. The van der Waals surface area contributed by atoms with Crippen LogP contribution in [0.4, 0.5) is 4.39 Å². The van der Waals surface area contributed by atoms with E-state index >= 15 is 0 Å². The fourth-order valence-corrected chi connectivity index (χ4v) is 4.70. The summed E-state index contributed by atoms with van der Waals surface area (Å²) in [5.74, 6) is -0.0960. The van der Waals surface area contributed by atoms with Crippen molar-refractivity contribution in [3.63, 3.8) is 0 Å². The lowest BCUT2D eigenvalue weighted by molar-refractivity contribution is 0.0677. The Morgan fingerprint density at radius 3 is 2.46 bits per heavy atom. The van der Waals surface area contributed by atoms with E-state index in [1.54, 1.807) is 15.5 Å². The Morgan fingerprint density at radius 1 is 1.00 bits per heavy atom. The summed E-state index contributed by atoms with van der Waals surface area (Å²) in [6, 6.07) is 18.4. The van der Waals surface area contributed by atoms with Crippen molar-refractivity contribution >= 4 is 16.8 Å². The van der Waals surface area contributed by atoms with Gasteiger partial charge in [0, 0.05) is 12.1 Å². The molecule has 5 nitrogen and oxygen atoms in total. The minimum absolute atomic E-state index is 0.165. The van der Waals surface area contributed by atoms with E-state index < -0.39 is 6.04 Å². The zero-order chi connectivity index (χ0) is 26.5. The summed E-state index contributed by atoms with van der Waals surface area (Å²) in [5, 5.41) is 0.527. The van der Waals surface area contributed by atoms with Gasteiger partial charge < -0.3 is 4.90 Å². The second-order valence-corrected chi connectivity index (χ2v) is 9.66. The highest BCUT2D eigenvalue weighted by Crippen LogP contribution is 2.27. The summed E-state index contributed by atoms with van der Waals surface area (Å²) in [5.41, 5.74) is 3.56. The van der Waals surface area contributed by atoms with E-state index in [9.17, 15) is 14.0 Å². The van der Waals surface area contributed by atoms with Crippen LogP contribution in [0.25, 0.3) is 16.6 Å². The van der Waals surface area contributed by atoms with Crippen molar-refractivity contribution in [1.29, 1.82) is 0 Å². The molecule has 4 rings (SSSR count). The first-order valence-electron chi connectivity index (χ1n) is 13.0. The number of rotatable bonds is 9. The van der Waals surface area contributed by atoms with Crippen LogP contribution in [0, 0.1) is 19.7 Å². The minimum atomic E-state index is -0.503. The maximum atomic E-state index is 13.9. The summed E-state index contributed by atoms with van der Waals surface area (Å²) >= 11 is 0. The highest BCUT2D eigenvalue weighted by atomic mass is 19.1. The maximum Gasteiger partial charge on any atom is 0.266 e. The quantitative estimate of drug-likeness (QED) is 0.235. The highest BCUT2D eigenvalue weighted by molar-refractivity contribution is 5.94. The van der Waals surface area contributed by atoms with E-state index in [2.05, 4.69) is 6.92 Å². The molecular weight excluding hydrogens is 465 g/mol. The van der Waals surface area contributed by atoms with Gasteiger partial charge in [-0.1, -0.05) is 50.5 Å². The van der Waals surface area contributed by atoms with Gasteiger partial charge in [0.25, 0.3) is 11.5 Å². The number of fused-ring (bicyclic) bond motifs is 1. The normalized spacial score (nSPS) is 12.0. The number of benzene rings is 3. The van der Waals surface area contributed by atoms with E-state index in [1.165, 1.54) is 24.3 Å². The first-order chi connectivity index (χ1) is 17.8. The Labute approximate surface area is 217 Å². The summed E-state index contributed by atoms with van der Waals surface area (Å²) in [7, 11) is 0. The number of halogens is 1. The van der Waals surface area contributed by atoms with Gasteiger partial charge in [-0.25, -0.2) is 9.37 Å². The van der Waals surface area contributed by atoms with Gasteiger partial charge in [-0.3, -0.25) is 14.2 Å². The number of aryl methyl sites for hydroxylation is 2. The molecule has 192 valence electrons. The molecule has 0 saturated heterocycles. The molecule has 1 heterocycles. The van der Waals surface area contributed by atoms with Crippen LogP contribution in [-0.2, 0) is 0 Å². The highest BCUT2D eigenvalue weighted by Gasteiger charge is 2.28. The van der Waals surface area contributed by atoms with Gasteiger partial charge in [0.1, 0.15) is 11.6 Å². The molecule has 4 aromatic rings.